The van der Waals surface area contributed by atoms with Gasteiger partial charge in [0.2, 0.25) is 0 Å². The largest absolute Gasteiger partial charge is 0.362 e. The maximum absolute atomic E-state index is 11.8. The normalized spacial score (nSPS) is 11.5. The van der Waals surface area contributed by atoms with Gasteiger partial charge in [-0.05, 0) is 48.5 Å². The average molecular weight is 338 g/mol. The Morgan fingerprint density at radius 1 is 1.05 bits per heavy atom. The Morgan fingerprint density at radius 2 is 1.64 bits per heavy atom. The first-order valence-electron chi connectivity index (χ1n) is 6.17. The highest BCUT2D eigenvalue weighted by molar-refractivity contribution is 7.85. The lowest BCUT2D eigenvalue weighted by Gasteiger charge is -2.02. The van der Waals surface area contributed by atoms with Gasteiger partial charge in [0.15, 0.2) is 5.78 Å². The van der Waals surface area contributed by atoms with E-state index in [9.17, 15) is 13.2 Å². The molecule has 0 aromatic heterocycles. The third kappa shape index (κ3) is 4.42. The molecule has 0 saturated carbocycles. The zero-order chi connectivity index (χ0) is 16.2. The molecule has 0 spiro atoms. The minimum atomic E-state index is -4.20. The molecule has 22 heavy (non-hydrogen) atoms. The zero-order valence-corrected chi connectivity index (χ0v) is 12.8. The van der Waals surface area contributed by atoms with Gasteiger partial charge in [-0.3, -0.25) is 9.35 Å². The number of hydrogen-bond acceptors (Lipinski definition) is 4. The third-order valence-corrected chi connectivity index (χ3v) is 3.89. The average Bonchev–Trinajstić information content (AvgIpc) is 2.47. The monoisotopic (exact) mass is 337 g/mol. The molecule has 0 aliphatic carbocycles. The molecule has 0 bridgehead atoms. The quantitative estimate of drug-likeness (QED) is 0.496. The van der Waals surface area contributed by atoms with E-state index in [4.69, 9.17) is 16.2 Å². The van der Waals surface area contributed by atoms with Crippen molar-refractivity contribution in [3.05, 3.63) is 71.4 Å². The van der Waals surface area contributed by atoms with Gasteiger partial charge < -0.3 is 5.32 Å². The maximum atomic E-state index is 11.8. The molecule has 2 rings (SSSR count). The van der Waals surface area contributed by atoms with Crippen molar-refractivity contribution in [1.29, 1.82) is 0 Å². The van der Waals surface area contributed by atoms with Crippen LogP contribution < -0.4 is 5.32 Å². The number of carbonyl (C=O) groups is 1. The van der Waals surface area contributed by atoms with Gasteiger partial charge in [-0.1, -0.05) is 11.6 Å². The number of carbonyl (C=O) groups excluding carboxylic acids is 1. The third-order valence-electron chi connectivity index (χ3n) is 2.77. The van der Waals surface area contributed by atoms with Gasteiger partial charge in [0, 0.05) is 28.5 Å². The molecule has 0 aliphatic heterocycles. The number of hydrogen-bond donors (Lipinski definition) is 2. The first kappa shape index (κ1) is 16.2. The van der Waals surface area contributed by atoms with Crippen LogP contribution in [0.4, 0.5) is 5.69 Å². The summed E-state index contributed by atoms with van der Waals surface area (Å²) in [4.78, 5) is 11.7. The summed E-state index contributed by atoms with van der Waals surface area (Å²) in [7, 11) is -4.20. The SMILES string of the molecule is O=C(/C=C/Nc1ccc(S(=O)(=O)O)cc1)c1ccc(Cl)cc1. The molecule has 0 amide bonds. The van der Waals surface area contributed by atoms with Crippen LogP contribution in [0.3, 0.4) is 0 Å². The summed E-state index contributed by atoms with van der Waals surface area (Å²) < 4.78 is 30.6. The first-order valence-corrected chi connectivity index (χ1v) is 7.98. The molecule has 7 heteroatoms. The molecule has 0 fully saturated rings. The number of allylic oxidation sites excluding steroid dienone is 1. The Labute approximate surface area is 133 Å². The van der Waals surface area contributed by atoms with Gasteiger partial charge in [0.1, 0.15) is 0 Å². The van der Waals surface area contributed by atoms with E-state index in [0.29, 0.717) is 16.3 Å². The highest BCUT2D eigenvalue weighted by atomic mass is 35.5. The molecule has 114 valence electrons. The number of benzene rings is 2. The van der Waals surface area contributed by atoms with Gasteiger partial charge in [-0.2, -0.15) is 8.42 Å². The Morgan fingerprint density at radius 3 is 2.18 bits per heavy atom. The van der Waals surface area contributed by atoms with Crippen molar-refractivity contribution < 1.29 is 17.8 Å². The van der Waals surface area contributed by atoms with E-state index in [2.05, 4.69) is 5.32 Å². The van der Waals surface area contributed by atoms with Crippen LogP contribution in [0, 0.1) is 0 Å². The lowest BCUT2D eigenvalue weighted by molar-refractivity contribution is 0.104. The van der Waals surface area contributed by atoms with E-state index in [-0.39, 0.29) is 10.7 Å². The smallest absolute Gasteiger partial charge is 0.294 e. The van der Waals surface area contributed by atoms with Crippen molar-refractivity contribution >= 4 is 33.2 Å². The standard InChI is InChI=1S/C15H12ClNO4S/c16-12-3-1-11(2-4-12)15(18)9-10-17-13-5-7-14(8-6-13)22(19,20)21/h1-10,17H,(H,19,20,21)/b10-9+. The van der Waals surface area contributed by atoms with Crippen LogP contribution in [-0.4, -0.2) is 18.8 Å². The second-order valence-corrected chi connectivity index (χ2v) is 6.21. The van der Waals surface area contributed by atoms with Gasteiger partial charge >= 0.3 is 0 Å². The van der Waals surface area contributed by atoms with E-state index in [0.717, 1.165) is 0 Å². The summed E-state index contributed by atoms with van der Waals surface area (Å²) in [6.07, 6.45) is 2.79. The van der Waals surface area contributed by atoms with Crippen molar-refractivity contribution in [3.63, 3.8) is 0 Å². The van der Waals surface area contributed by atoms with Crippen LogP contribution in [-0.2, 0) is 10.1 Å². The summed E-state index contributed by atoms with van der Waals surface area (Å²) in [6, 6.07) is 12.0. The summed E-state index contributed by atoms with van der Waals surface area (Å²) >= 11 is 5.74. The molecule has 2 aromatic rings. The molecule has 2 N–H and O–H groups in total. The molecule has 0 unspecified atom stereocenters. The van der Waals surface area contributed by atoms with Crippen LogP contribution in [0.5, 0.6) is 0 Å². The molecular weight excluding hydrogens is 326 g/mol. The molecule has 0 saturated heterocycles. The van der Waals surface area contributed by atoms with Crippen LogP contribution in [0.15, 0.2) is 65.7 Å². The molecule has 0 aliphatic rings. The summed E-state index contributed by atoms with van der Waals surface area (Å²) in [6.45, 7) is 0. The predicted molar refractivity (Wildman–Crippen MR) is 84.8 cm³/mol. The Hall–Kier alpha value is -2.15. The van der Waals surface area contributed by atoms with Crippen LogP contribution in [0.1, 0.15) is 10.4 Å². The van der Waals surface area contributed by atoms with Crippen LogP contribution in [0.25, 0.3) is 0 Å². The van der Waals surface area contributed by atoms with E-state index in [1.165, 1.54) is 36.5 Å². The molecule has 0 radical (unpaired) electrons. The lowest BCUT2D eigenvalue weighted by Crippen LogP contribution is -1.98. The van der Waals surface area contributed by atoms with Crippen molar-refractivity contribution in [1.82, 2.24) is 0 Å². The van der Waals surface area contributed by atoms with Gasteiger partial charge in [0.05, 0.1) is 4.90 Å². The molecule has 0 heterocycles. The van der Waals surface area contributed by atoms with Crippen molar-refractivity contribution in [3.8, 4) is 0 Å². The maximum Gasteiger partial charge on any atom is 0.294 e. The fourth-order valence-corrected chi connectivity index (χ4v) is 2.25. The van der Waals surface area contributed by atoms with E-state index in [1.807, 2.05) is 0 Å². The summed E-state index contributed by atoms with van der Waals surface area (Å²) in [5.74, 6) is -0.196. The second-order valence-electron chi connectivity index (χ2n) is 4.35. The topological polar surface area (TPSA) is 83.5 Å². The van der Waals surface area contributed by atoms with Crippen LogP contribution in [0.2, 0.25) is 5.02 Å². The van der Waals surface area contributed by atoms with E-state index < -0.39 is 10.1 Å². The van der Waals surface area contributed by atoms with E-state index >= 15 is 0 Å². The minimum absolute atomic E-state index is 0.195. The fourth-order valence-electron chi connectivity index (χ4n) is 1.65. The van der Waals surface area contributed by atoms with Crippen LogP contribution >= 0.6 is 11.6 Å². The zero-order valence-electron chi connectivity index (χ0n) is 11.2. The summed E-state index contributed by atoms with van der Waals surface area (Å²) in [5.41, 5.74) is 1.08. The minimum Gasteiger partial charge on any atom is -0.362 e. The van der Waals surface area contributed by atoms with Gasteiger partial charge in [-0.25, -0.2) is 0 Å². The molecule has 2 aromatic carbocycles. The number of ketones is 1. The van der Waals surface area contributed by atoms with Gasteiger partial charge in [-0.15, -0.1) is 0 Å². The van der Waals surface area contributed by atoms with Crippen molar-refractivity contribution in [2.45, 2.75) is 4.90 Å². The Kier molecular flexibility index (Phi) is 4.97. The molecule has 5 nitrogen and oxygen atoms in total. The lowest BCUT2D eigenvalue weighted by atomic mass is 10.1. The fraction of sp³-hybridized carbons (Fsp3) is 0. The molecule has 0 atom stereocenters. The highest BCUT2D eigenvalue weighted by Crippen LogP contribution is 2.14. The number of anilines is 1. The van der Waals surface area contributed by atoms with Crippen molar-refractivity contribution in [2.75, 3.05) is 5.32 Å². The predicted octanol–water partition coefficient (Wildman–Crippen LogP) is 3.40. The number of nitrogens with one attached hydrogen (secondary N) is 1. The van der Waals surface area contributed by atoms with E-state index in [1.54, 1.807) is 24.3 Å². The second kappa shape index (κ2) is 6.74. The highest BCUT2D eigenvalue weighted by Gasteiger charge is 2.07. The first-order chi connectivity index (χ1) is 10.4. The van der Waals surface area contributed by atoms with Crippen molar-refractivity contribution in [2.24, 2.45) is 0 Å². The van der Waals surface area contributed by atoms with Gasteiger partial charge in [0.25, 0.3) is 10.1 Å². The summed E-state index contributed by atoms with van der Waals surface area (Å²) in [5, 5.41) is 3.38. The number of halogens is 1. The molecular formula is C15H12ClNO4S. The number of rotatable bonds is 5. The Bertz CT molecular complexity index is 796. The Balaban J connectivity index is 2.00.